The summed E-state index contributed by atoms with van der Waals surface area (Å²) in [6, 6.07) is 0. The number of rotatable bonds is 3. The van der Waals surface area contributed by atoms with E-state index in [1.54, 1.807) is 0 Å². The molecule has 0 amide bonds. The molecule has 0 saturated carbocycles. The fourth-order valence-corrected chi connectivity index (χ4v) is 1.58. The zero-order valence-corrected chi connectivity index (χ0v) is 9.18. The van der Waals surface area contributed by atoms with E-state index in [-0.39, 0.29) is 5.82 Å². The van der Waals surface area contributed by atoms with E-state index in [9.17, 15) is 8.78 Å². The Balaban J connectivity index is 1.97. The fourth-order valence-electron chi connectivity index (χ4n) is 1.50. The van der Waals surface area contributed by atoms with Gasteiger partial charge in [-0.05, 0) is 11.6 Å². The Hall–Kier alpha value is -0.790. The molecule has 5 nitrogen and oxygen atoms in total. The molecule has 0 bridgehead atoms. The Morgan fingerprint density at radius 3 is 2.69 bits per heavy atom. The van der Waals surface area contributed by atoms with E-state index in [0.29, 0.717) is 6.54 Å². The summed E-state index contributed by atoms with van der Waals surface area (Å²) in [5.74, 6) is -0.614. The third-order valence-electron chi connectivity index (χ3n) is 2.29. The van der Waals surface area contributed by atoms with E-state index in [1.807, 2.05) is 0 Å². The summed E-state index contributed by atoms with van der Waals surface area (Å²) >= 11 is 4.76. The van der Waals surface area contributed by atoms with Gasteiger partial charge in [-0.15, -0.1) is 0 Å². The van der Waals surface area contributed by atoms with E-state index in [2.05, 4.69) is 24.9 Å². The number of nitrogens with one attached hydrogen (secondary N) is 1. The maximum Gasteiger partial charge on any atom is 0.400 e. The summed E-state index contributed by atoms with van der Waals surface area (Å²) < 4.78 is 29.6. The summed E-state index contributed by atoms with van der Waals surface area (Å²) in [5, 5.41) is 3.06. The second kappa shape index (κ2) is 4.60. The molecule has 1 N–H and O–H groups in total. The molecule has 1 aromatic heterocycles. The topological polar surface area (TPSA) is 54.2 Å². The average molecular weight is 253 g/mol. The van der Waals surface area contributed by atoms with Crippen molar-refractivity contribution in [2.75, 3.05) is 26.2 Å². The molecule has 0 unspecified atom stereocenters. The Kier molecular flexibility index (Phi) is 3.36. The first-order chi connectivity index (χ1) is 7.55. The molecule has 0 aromatic carbocycles. The van der Waals surface area contributed by atoms with Gasteiger partial charge < -0.3 is 9.84 Å². The number of hydrogen-bond donors (Lipinski definition) is 1. The van der Waals surface area contributed by atoms with Crippen molar-refractivity contribution < 1.29 is 13.3 Å². The van der Waals surface area contributed by atoms with E-state index in [0.717, 1.165) is 26.2 Å². The Bertz CT molecular complexity index is 348. The summed E-state index contributed by atoms with van der Waals surface area (Å²) in [7, 11) is 0. The first kappa shape index (κ1) is 11.7. The molecular weight excluding hydrogens is 242 g/mol. The Morgan fingerprint density at radius 1 is 1.44 bits per heavy atom. The standard InChI is InChI=1S/C8H11ClF2N4O/c9-8(10,11)7-13-6(14-16-7)5-15-3-1-12-2-4-15/h12H,1-5H2. The van der Waals surface area contributed by atoms with Crippen LogP contribution in [-0.4, -0.2) is 41.2 Å². The highest BCUT2D eigenvalue weighted by atomic mass is 35.5. The lowest BCUT2D eigenvalue weighted by molar-refractivity contribution is 0.0550. The van der Waals surface area contributed by atoms with Crippen LogP contribution in [0.25, 0.3) is 0 Å². The zero-order chi connectivity index (χ0) is 11.6. The molecule has 0 atom stereocenters. The van der Waals surface area contributed by atoms with Crippen molar-refractivity contribution in [3.8, 4) is 0 Å². The molecule has 2 rings (SSSR count). The molecule has 2 heterocycles. The van der Waals surface area contributed by atoms with Crippen molar-refractivity contribution in [2.24, 2.45) is 0 Å². The lowest BCUT2D eigenvalue weighted by Gasteiger charge is -2.25. The van der Waals surface area contributed by atoms with Crippen molar-refractivity contribution in [1.29, 1.82) is 0 Å². The third-order valence-corrected chi connectivity index (χ3v) is 2.45. The normalized spacial score (nSPS) is 18.9. The maximum atomic E-state index is 12.6. The highest BCUT2D eigenvalue weighted by Crippen LogP contribution is 2.30. The van der Waals surface area contributed by atoms with Crippen LogP contribution >= 0.6 is 11.6 Å². The van der Waals surface area contributed by atoms with Gasteiger partial charge in [0.1, 0.15) is 0 Å². The van der Waals surface area contributed by atoms with Crippen molar-refractivity contribution in [3.05, 3.63) is 11.7 Å². The second-order valence-electron chi connectivity index (χ2n) is 3.54. The molecule has 1 aliphatic rings. The molecule has 90 valence electrons. The smallest absolute Gasteiger partial charge is 0.331 e. The summed E-state index contributed by atoms with van der Waals surface area (Å²) in [6.45, 7) is 3.81. The highest BCUT2D eigenvalue weighted by molar-refractivity contribution is 6.21. The Morgan fingerprint density at radius 2 is 2.12 bits per heavy atom. The van der Waals surface area contributed by atoms with Gasteiger partial charge in [0.15, 0.2) is 5.82 Å². The molecule has 8 heteroatoms. The number of alkyl halides is 3. The van der Waals surface area contributed by atoms with Crippen molar-refractivity contribution in [2.45, 2.75) is 11.9 Å². The minimum absolute atomic E-state index is 0.234. The molecule has 0 spiro atoms. The monoisotopic (exact) mass is 252 g/mol. The quantitative estimate of drug-likeness (QED) is 0.805. The first-order valence-electron chi connectivity index (χ1n) is 4.88. The van der Waals surface area contributed by atoms with E-state index < -0.39 is 11.3 Å². The van der Waals surface area contributed by atoms with E-state index in [1.165, 1.54) is 0 Å². The van der Waals surface area contributed by atoms with Gasteiger partial charge in [0.2, 0.25) is 0 Å². The third kappa shape index (κ3) is 2.87. The lowest BCUT2D eigenvalue weighted by Crippen LogP contribution is -2.43. The molecule has 1 saturated heterocycles. The van der Waals surface area contributed by atoms with Gasteiger partial charge in [0.25, 0.3) is 0 Å². The Labute approximate surface area is 95.7 Å². The predicted molar refractivity (Wildman–Crippen MR) is 52.2 cm³/mol. The summed E-state index contributed by atoms with van der Waals surface area (Å²) in [6.07, 6.45) is 0. The molecular formula is C8H11ClF2N4O. The van der Waals surface area contributed by atoms with Crippen LogP contribution in [-0.2, 0) is 11.9 Å². The van der Waals surface area contributed by atoms with Crippen LogP contribution in [0.5, 0.6) is 0 Å². The van der Waals surface area contributed by atoms with Crippen LogP contribution < -0.4 is 5.32 Å². The van der Waals surface area contributed by atoms with Crippen molar-refractivity contribution in [1.82, 2.24) is 20.4 Å². The van der Waals surface area contributed by atoms with E-state index >= 15 is 0 Å². The average Bonchev–Trinajstić information content (AvgIpc) is 2.67. The number of halogens is 3. The molecule has 0 aliphatic carbocycles. The number of aromatic nitrogens is 2. The number of nitrogens with zero attached hydrogens (tertiary/aromatic N) is 3. The maximum absolute atomic E-state index is 12.6. The van der Waals surface area contributed by atoms with Crippen LogP contribution in [0.4, 0.5) is 8.78 Å². The first-order valence-corrected chi connectivity index (χ1v) is 5.26. The van der Waals surface area contributed by atoms with Crippen molar-refractivity contribution >= 4 is 11.6 Å². The van der Waals surface area contributed by atoms with E-state index in [4.69, 9.17) is 11.6 Å². The van der Waals surface area contributed by atoms with Crippen LogP contribution in [0.3, 0.4) is 0 Å². The number of piperazine rings is 1. The van der Waals surface area contributed by atoms with Gasteiger partial charge in [0.05, 0.1) is 6.54 Å². The van der Waals surface area contributed by atoms with Crippen LogP contribution in [0.1, 0.15) is 11.7 Å². The minimum Gasteiger partial charge on any atom is -0.331 e. The highest BCUT2D eigenvalue weighted by Gasteiger charge is 2.35. The van der Waals surface area contributed by atoms with Gasteiger partial charge in [-0.2, -0.15) is 13.8 Å². The largest absolute Gasteiger partial charge is 0.400 e. The molecule has 1 aromatic rings. The fraction of sp³-hybridized carbons (Fsp3) is 0.750. The van der Waals surface area contributed by atoms with Gasteiger partial charge in [-0.25, -0.2) is 0 Å². The SMILES string of the molecule is FC(F)(Cl)c1nc(CN2CCNCC2)no1. The zero-order valence-electron chi connectivity index (χ0n) is 8.42. The van der Waals surface area contributed by atoms with Gasteiger partial charge in [0, 0.05) is 26.2 Å². The van der Waals surface area contributed by atoms with Gasteiger partial charge in [-0.3, -0.25) is 4.90 Å². The molecule has 0 radical (unpaired) electrons. The molecule has 16 heavy (non-hydrogen) atoms. The molecule has 1 fully saturated rings. The predicted octanol–water partition coefficient (Wildman–Crippen LogP) is 0.763. The van der Waals surface area contributed by atoms with Crippen LogP contribution in [0, 0.1) is 0 Å². The number of hydrogen-bond acceptors (Lipinski definition) is 5. The van der Waals surface area contributed by atoms with Gasteiger partial charge >= 0.3 is 11.3 Å². The lowest BCUT2D eigenvalue weighted by atomic mass is 10.3. The van der Waals surface area contributed by atoms with Crippen LogP contribution in [0.2, 0.25) is 0 Å². The van der Waals surface area contributed by atoms with Gasteiger partial charge in [-0.1, -0.05) is 5.16 Å². The summed E-state index contributed by atoms with van der Waals surface area (Å²) in [5.41, 5.74) is 0. The van der Waals surface area contributed by atoms with Crippen molar-refractivity contribution in [3.63, 3.8) is 0 Å². The summed E-state index contributed by atoms with van der Waals surface area (Å²) in [4.78, 5) is 5.61. The minimum atomic E-state index is -3.59. The second-order valence-corrected chi connectivity index (χ2v) is 4.01. The molecule has 1 aliphatic heterocycles. The van der Waals surface area contributed by atoms with Crippen LogP contribution in [0.15, 0.2) is 4.52 Å².